The number of aromatic nitrogens is 1. The SMILES string of the molecule is C=C(CN1Cc2c(ccc3ccc(-c4ccc(N)c(CNC)n4)cc23)C1=O)C(N)=O. The number of carbonyl (C=O) groups is 2. The second-order valence-electron chi connectivity index (χ2n) is 7.42. The zero-order valence-corrected chi connectivity index (χ0v) is 16.7. The van der Waals surface area contributed by atoms with Crippen LogP contribution in [0, 0.1) is 0 Å². The van der Waals surface area contributed by atoms with Gasteiger partial charge in [0.2, 0.25) is 5.91 Å². The Kier molecular flexibility index (Phi) is 4.97. The van der Waals surface area contributed by atoms with Crippen molar-refractivity contribution in [1.82, 2.24) is 15.2 Å². The van der Waals surface area contributed by atoms with Gasteiger partial charge in [0, 0.05) is 29.8 Å². The van der Waals surface area contributed by atoms with Crippen molar-refractivity contribution < 1.29 is 9.59 Å². The third-order valence-electron chi connectivity index (χ3n) is 5.38. The van der Waals surface area contributed by atoms with Gasteiger partial charge in [0.1, 0.15) is 0 Å². The number of hydrogen-bond donors (Lipinski definition) is 3. The van der Waals surface area contributed by atoms with Crippen LogP contribution in [0.3, 0.4) is 0 Å². The molecule has 0 bridgehead atoms. The van der Waals surface area contributed by atoms with E-state index in [0.29, 0.717) is 24.3 Å². The number of benzene rings is 2. The molecule has 30 heavy (non-hydrogen) atoms. The average Bonchev–Trinajstić information content (AvgIpc) is 3.05. The molecule has 2 amide bonds. The van der Waals surface area contributed by atoms with Crippen molar-refractivity contribution >= 4 is 28.3 Å². The fourth-order valence-corrected chi connectivity index (χ4v) is 3.76. The van der Waals surface area contributed by atoms with Crippen molar-refractivity contribution in [2.45, 2.75) is 13.1 Å². The molecule has 7 heteroatoms. The topological polar surface area (TPSA) is 114 Å². The number of fused-ring (bicyclic) bond motifs is 3. The van der Waals surface area contributed by atoms with E-state index in [2.05, 4.69) is 18.0 Å². The predicted octanol–water partition coefficient (Wildman–Crippen LogP) is 2.20. The molecular weight excluding hydrogens is 378 g/mol. The first-order valence-corrected chi connectivity index (χ1v) is 9.62. The molecule has 5 N–H and O–H groups in total. The number of primary amides is 1. The molecule has 0 saturated carbocycles. The van der Waals surface area contributed by atoms with Gasteiger partial charge >= 0.3 is 0 Å². The summed E-state index contributed by atoms with van der Waals surface area (Å²) in [7, 11) is 1.85. The largest absolute Gasteiger partial charge is 0.397 e. The van der Waals surface area contributed by atoms with Crippen molar-refractivity contribution in [3.8, 4) is 11.3 Å². The van der Waals surface area contributed by atoms with Gasteiger partial charge < -0.3 is 21.7 Å². The molecule has 0 radical (unpaired) electrons. The van der Waals surface area contributed by atoms with Crippen molar-refractivity contribution in [3.63, 3.8) is 0 Å². The number of carbonyl (C=O) groups excluding carboxylic acids is 2. The van der Waals surface area contributed by atoms with Crippen LogP contribution >= 0.6 is 0 Å². The summed E-state index contributed by atoms with van der Waals surface area (Å²) in [4.78, 5) is 30.4. The van der Waals surface area contributed by atoms with Crippen LogP contribution in [0.4, 0.5) is 5.69 Å². The van der Waals surface area contributed by atoms with Gasteiger partial charge in [-0.3, -0.25) is 9.59 Å². The number of hydrogen-bond acceptors (Lipinski definition) is 5. The zero-order valence-electron chi connectivity index (χ0n) is 16.7. The summed E-state index contributed by atoms with van der Waals surface area (Å²) < 4.78 is 0. The molecule has 152 valence electrons. The molecule has 0 unspecified atom stereocenters. The molecule has 2 heterocycles. The lowest BCUT2D eigenvalue weighted by molar-refractivity contribution is -0.114. The number of nitrogen functional groups attached to an aromatic ring is 1. The first kappa shape index (κ1) is 19.6. The third-order valence-corrected chi connectivity index (χ3v) is 5.38. The van der Waals surface area contributed by atoms with Gasteiger partial charge in [-0.15, -0.1) is 0 Å². The minimum atomic E-state index is -0.599. The highest BCUT2D eigenvalue weighted by molar-refractivity contribution is 6.05. The molecule has 3 aromatic rings. The van der Waals surface area contributed by atoms with Crippen LogP contribution in [0.5, 0.6) is 0 Å². The van der Waals surface area contributed by atoms with Gasteiger partial charge in [0.25, 0.3) is 5.91 Å². The van der Waals surface area contributed by atoms with Gasteiger partial charge in [-0.05, 0) is 47.6 Å². The van der Waals surface area contributed by atoms with E-state index in [1.165, 1.54) is 0 Å². The van der Waals surface area contributed by atoms with E-state index < -0.39 is 5.91 Å². The van der Waals surface area contributed by atoms with Gasteiger partial charge in [0.15, 0.2) is 0 Å². The molecular formula is C23H23N5O2. The summed E-state index contributed by atoms with van der Waals surface area (Å²) in [5.74, 6) is -0.723. The summed E-state index contributed by atoms with van der Waals surface area (Å²) in [5.41, 5.74) is 16.3. The normalized spacial score (nSPS) is 13.0. The maximum absolute atomic E-state index is 12.8. The molecule has 4 rings (SSSR count). The molecule has 0 fully saturated rings. The van der Waals surface area contributed by atoms with E-state index in [9.17, 15) is 9.59 Å². The third kappa shape index (κ3) is 3.40. The standard InChI is InChI=1S/C23H23N5O2/c1-13(22(25)29)11-28-12-18-16(23(28)30)6-5-14-3-4-15(9-17(14)18)20-8-7-19(24)21(27-20)10-26-2/h3-9,26H,1,10-12,24H2,2H3,(H2,25,29). The number of anilines is 1. The average molecular weight is 401 g/mol. The Morgan fingerprint density at radius 1 is 1.23 bits per heavy atom. The monoisotopic (exact) mass is 401 g/mol. The highest BCUT2D eigenvalue weighted by Gasteiger charge is 2.29. The van der Waals surface area contributed by atoms with Gasteiger partial charge in [0.05, 0.1) is 23.6 Å². The molecule has 1 aromatic heterocycles. The van der Waals surface area contributed by atoms with Crippen LogP contribution < -0.4 is 16.8 Å². The van der Waals surface area contributed by atoms with Crippen LogP contribution in [-0.2, 0) is 17.9 Å². The second kappa shape index (κ2) is 7.61. The van der Waals surface area contributed by atoms with Gasteiger partial charge in [-0.2, -0.15) is 0 Å². The second-order valence-corrected chi connectivity index (χ2v) is 7.42. The first-order valence-electron chi connectivity index (χ1n) is 9.62. The maximum Gasteiger partial charge on any atom is 0.254 e. The van der Waals surface area contributed by atoms with E-state index in [-0.39, 0.29) is 18.0 Å². The van der Waals surface area contributed by atoms with Crippen LogP contribution in [0.1, 0.15) is 21.6 Å². The number of nitrogens with two attached hydrogens (primary N) is 2. The van der Waals surface area contributed by atoms with Crippen molar-refractivity contribution in [1.29, 1.82) is 0 Å². The highest BCUT2D eigenvalue weighted by Crippen LogP contribution is 2.33. The lowest BCUT2D eigenvalue weighted by Crippen LogP contribution is -2.30. The van der Waals surface area contributed by atoms with Crippen molar-refractivity contribution in [3.05, 3.63) is 71.4 Å². The summed E-state index contributed by atoms with van der Waals surface area (Å²) in [6, 6.07) is 13.6. The minimum Gasteiger partial charge on any atom is -0.397 e. The van der Waals surface area contributed by atoms with Crippen LogP contribution in [0.25, 0.3) is 22.0 Å². The van der Waals surface area contributed by atoms with Gasteiger partial charge in [-0.1, -0.05) is 24.8 Å². The van der Waals surface area contributed by atoms with E-state index in [1.807, 2.05) is 43.4 Å². The molecule has 0 saturated heterocycles. The van der Waals surface area contributed by atoms with Gasteiger partial charge in [-0.25, -0.2) is 4.98 Å². The van der Waals surface area contributed by atoms with E-state index >= 15 is 0 Å². The fourth-order valence-electron chi connectivity index (χ4n) is 3.76. The summed E-state index contributed by atoms with van der Waals surface area (Å²) in [6.07, 6.45) is 0. The molecule has 0 spiro atoms. The molecule has 0 aliphatic carbocycles. The van der Waals surface area contributed by atoms with E-state index in [4.69, 9.17) is 16.5 Å². The van der Waals surface area contributed by atoms with Crippen LogP contribution in [0.15, 0.2) is 54.6 Å². The molecule has 1 aliphatic heterocycles. The number of nitrogens with zero attached hydrogens (tertiary/aromatic N) is 2. The Labute approximate surface area is 174 Å². The number of nitrogens with one attached hydrogen (secondary N) is 1. The Balaban J connectivity index is 1.75. The quantitative estimate of drug-likeness (QED) is 0.548. The van der Waals surface area contributed by atoms with Crippen LogP contribution in [-0.4, -0.2) is 35.3 Å². The number of amides is 2. The lowest BCUT2D eigenvalue weighted by Gasteiger charge is -2.15. The predicted molar refractivity (Wildman–Crippen MR) is 117 cm³/mol. The Hall–Kier alpha value is -3.71. The highest BCUT2D eigenvalue weighted by atomic mass is 16.2. The van der Waals surface area contributed by atoms with E-state index in [1.54, 1.807) is 4.90 Å². The smallest absolute Gasteiger partial charge is 0.254 e. The first-order chi connectivity index (χ1) is 14.4. The molecule has 0 atom stereocenters. The van der Waals surface area contributed by atoms with Crippen molar-refractivity contribution in [2.75, 3.05) is 19.3 Å². The Bertz CT molecular complexity index is 1200. The zero-order chi connectivity index (χ0) is 21.4. The Morgan fingerprint density at radius 3 is 2.73 bits per heavy atom. The van der Waals surface area contributed by atoms with E-state index in [0.717, 1.165) is 33.3 Å². The lowest BCUT2D eigenvalue weighted by atomic mass is 9.97. The fraction of sp³-hybridized carbons (Fsp3) is 0.174. The summed E-state index contributed by atoms with van der Waals surface area (Å²) >= 11 is 0. The summed E-state index contributed by atoms with van der Waals surface area (Å²) in [6.45, 7) is 4.77. The van der Waals surface area contributed by atoms with Crippen molar-refractivity contribution in [2.24, 2.45) is 5.73 Å². The Morgan fingerprint density at radius 2 is 2.00 bits per heavy atom. The minimum absolute atomic E-state index is 0.122. The maximum atomic E-state index is 12.8. The summed E-state index contributed by atoms with van der Waals surface area (Å²) in [5, 5.41) is 5.09. The molecule has 2 aromatic carbocycles. The van der Waals surface area contributed by atoms with Crippen LogP contribution in [0.2, 0.25) is 0 Å². The number of pyridine rings is 1. The number of rotatable bonds is 6. The molecule has 7 nitrogen and oxygen atoms in total. The molecule has 1 aliphatic rings.